The molecule has 0 aliphatic heterocycles. The zero-order chi connectivity index (χ0) is 18.9. The van der Waals surface area contributed by atoms with E-state index in [1.54, 1.807) is 0 Å². The summed E-state index contributed by atoms with van der Waals surface area (Å²) in [6.07, 6.45) is 0. The second-order valence-corrected chi connectivity index (χ2v) is 8.48. The Morgan fingerprint density at radius 3 is 2.46 bits per heavy atom. The lowest BCUT2D eigenvalue weighted by atomic mass is 10.2. The van der Waals surface area contributed by atoms with Crippen molar-refractivity contribution >= 4 is 27.3 Å². The van der Waals surface area contributed by atoms with Crippen LogP contribution in [0.15, 0.2) is 46.0 Å². The number of aryl methyl sites for hydroxylation is 2. The standard InChI is InChI=1S/C17H17N3O4S2/c1-11-7-12(2)20(19-11)15-5-3-13(4-6-15)9-24-17(21)14-8-16(25-10-14)26(18,22)23/h3-8,10H,9H2,1-2H3,(H2,18,22,23). The molecule has 0 atom stereocenters. The summed E-state index contributed by atoms with van der Waals surface area (Å²) >= 11 is 0.886. The van der Waals surface area contributed by atoms with E-state index in [1.165, 1.54) is 11.4 Å². The van der Waals surface area contributed by atoms with E-state index in [4.69, 9.17) is 9.88 Å². The Bertz CT molecular complexity index is 1050. The average molecular weight is 391 g/mol. The predicted molar refractivity (Wildman–Crippen MR) is 97.8 cm³/mol. The number of rotatable bonds is 5. The fraction of sp³-hybridized carbons (Fsp3) is 0.176. The highest BCUT2D eigenvalue weighted by molar-refractivity contribution is 7.91. The zero-order valence-electron chi connectivity index (χ0n) is 14.2. The van der Waals surface area contributed by atoms with E-state index in [9.17, 15) is 13.2 Å². The summed E-state index contributed by atoms with van der Waals surface area (Å²) in [4.78, 5) is 12.0. The van der Waals surface area contributed by atoms with Crippen LogP contribution in [-0.2, 0) is 21.4 Å². The lowest BCUT2D eigenvalue weighted by molar-refractivity contribution is 0.0473. The van der Waals surface area contributed by atoms with Crippen LogP contribution in [0.25, 0.3) is 5.69 Å². The van der Waals surface area contributed by atoms with Gasteiger partial charge in [-0.05, 0) is 43.7 Å². The molecule has 26 heavy (non-hydrogen) atoms. The number of sulfonamides is 1. The second kappa shape index (κ2) is 7.02. The number of aromatic nitrogens is 2. The SMILES string of the molecule is Cc1cc(C)n(-c2ccc(COC(=O)c3csc(S(N)(=O)=O)c3)cc2)n1. The molecule has 1 aromatic carbocycles. The van der Waals surface area contributed by atoms with E-state index in [0.29, 0.717) is 0 Å². The number of carbonyl (C=O) groups excluding carboxylic acids is 1. The molecule has 9 heteroatoms. The van der Waals surface area contributed by atoms with Crippen LogP contribution < -0.4 is 5.14 Å². The van der Waals surface area contributed by atoms with E-state index in [2.05, 4.69) is 5.10 Å². The molecule has 0 saturated heterocycles. The van der Waals surface area contributed by atoms with Crippen molar-refractivity contribution in [2.45, 2.75) is 24.7 Å². The molecule has 0 aliphatic rings. The topological polar surface area (TPSA) is 104 Å². The van der Waals surface area contributed by atoms with Gasteiger partial charge in [0.1, 0.15) is 10.8 Å². The molecule has 2 N–H and O–H groups in total. The molecular weight excluding hydrogens is 374 g/mol. The summed E-state index contributed by atoms with van der Waals surface area (Å²) < 4.78 is 29.5. The Morgan fingerprint density at radius 2 is 1.92 bits per heavy atom. The number of benzene rings is 1. The van der Waals surface area contributed by atoms with Crippen LogP contribution in [0.4, 0.5) is 0 Å². The number of hydrogen-bond acceptors (Lipinski definition) is 6. The highest BCUT2D eigenvalue weighted by Crippen LogP contribution is 2.20. The molecule has 7 nitrogen and oxygen atoms in total. The maximum Gasteiger partial charge on any atom is 0.339 e. The molecule has 0 radical (unpaired) electrons. The number of hydrogen-bond donors (Lipinski definition) is 1. The highest BCUT2D eigenvalue weighted by atomic mass is 32.2. The van der Waals surface area contributed by atoms with Crippen LogP contribution in [0.5, 0.6) is 0 Å². The van der Waals surface area contributed by atoms with Gasteiger partial charge >= 0.3 is 5.97 Å². The molecular formula is C17H17N3O4S2. The van der Waals surface area contributed by atoms with Gasteiger partial charge in [-0.3, -0.25) is 0 Å². The van der Waals surface area contributed by atoms with Gasteiger partial charge in [0.05, 0.1) is 16.9 Å². The number of carbonyl (C=O) groups is 1. The van der Waals surface area contributed by atoms with Gasteiger partial charge in [-0.25, -0.2) is 23.0 Å². The van der Waals surface area contributed by atoms with Crippen molar-refractivity contribution in [3.8, 4) is 5.69 Å². The van der Waals surface area contributed by atoms with E-state index in [0.717, 1.165) is 34.0 Å². The van der Waals surface area contributed by atoms with Crippen molar-refractivity contribution in [2.24, 2.45) is 5.14 Å². The summed E-state index contributed by atoms with van der Waals surface area (Å²) in [7, 11) is -3.81. The number of nitrogens with zero attached hydrogens (tertiary/aromatic N) is 2. The van der Waals surface area contributed by atoms with E-state index in [1.807, 2.05) is 48.9 Å². The smallest absolute Gasteiger partial charge is 0.339 e. The Balaban J connectivity index is 1.65. The fourth-order valence-electron chi connectivity index (χ4n) is 2.43. The molecule has 3 aromatic rings. The molecule has 3 rings (SSSR count). The Kier molecular flexibility index (Phi) is 4.94. The predicted octanol–water partition coefficient (Wildman–Crippen LogP) is 2.56. The summed E-state index contributed by atoms with van der Waals surface area (Å²) in [5.74, 6) is -0.598. The Hall–Kier alpha value is -2.49. The van der Waals surface area contributed by atoms with Crippen LogP contribution in [0, 0.1) is 13.8 Å². The van der Waals surface area contributed by atoms with Gasteiger partial charge in [0.25, 0.3) is 0 Å². The van der Waals surface area contributed by atoms with E-state index >= 15 is 0 Å². The normalized spacial score (nSPS) is 11.5. The van der Waals surface area contributed by atoms with Gasteiger partial charge in [-0.2, -0.15) is 5.10 Å². The average Bonchev–Trinajstić information content (AvgIpc) is 3.20. The lowest BCUT2D eigenvalue weighted by Crippen LogP contribution is -2.10. The molecule has 2 aromatic heterocycles. The second-order valence-electron chi connectivity index (χ2n) is 5.78. The molecule has 0 aliphatic carbocycles. The molecule has 0 spiro atoms. The van der Waals surface area contributed by atoms with Gasteiger partial charge in [0.15, 0.2) is 0 Å². The van der Waals surface area contributed by atoms with Crippen LogP contribution in [0.3, 0.4) is 0 Å². The van der Waals surface area contributed by atoms with Gasteiger partial charge < -0.3 is 4.74 Å². The molecule has 0 bridgehead atoms. The third-order valence-electron chi connectivity index (χ3n) is 3.65. The molecule has 0 unspecified atom stereocenters. The van der Waals surface area contributed by atoms with Crippen molar-refractivity contribution in [3.63, 3.8) is 0 Å². The van der Waals surface area contributed by atoms with Crippen LogP contribution in [0.1, 0.15) is 27.3 Å². The van der Waals surface area contributed by atoms with Crippen molar-refractivity contribution < 1.29 is 17.9 Å². The first-order valence-corrected chi connectivity index (χ1v) is 10.1. The van der Waals surface area contributed by atoms with Gasteiger partial charge in [0, 0.05) is 11.1 Å². The number of ether oxygens (including phenoxy) is 1. The van der Waals surface area contributed by atoms with Crippen LogP contribution in [0.2, 0.25) is 0 Å². The van der Waals surface area contributed by atoms with Gasteiger partial charge in [-0.1, -0.05) is 12.1 Å². The fourth-order valence-corrected chi connectivity index (χ4v) is 4.00. The first kappa shape index (κ1) is 18.3. The van der Waals surface area contributed by atoms with Crippen molar-refractivity contribution in [1.82, 2.24) is 9.78 Å². The Morgan fingerprint density at radius 1 is 1.23 bits per heavy atom. The van der Waals surface area contributed by atoms with E-state index in [-0.39, 0.29) is 16.4 Å². The van der Waals surface area contributed by atoms with Crippen molar-refractivity contribution in [2.75, 3.05) is 0 Å². The first-order valence-electron chi connectivity index (χ1n) is 7.65. The van der Waals surface area contributed by atoms with Crippen molar-refractivity contribution in [3.05, 3.63) is 64.3 Å². The monoisotopic (exact) mass is 391 g/mol. The summed E-state index contributed by atoms with van der Waals surface area (Å²) in [6.45, 7) is 3.99. The quantitative estimate of drug-likeness (QED) is 0.673. The third-order valence-corrected chi connectivity index (χ3v) is 6.04. The summed E-state index contributed by atoms with van der Waals surface area (Å²) in [5.41, 5.74) is 3.87. The Labute approximate surface area is 155 Å². The minimum absolute atomic E-state index is 0.0707. The van der Waals surface area contributed by atoms with Gasteiger partial charge in [0.2, 0.25) is 10.0 Å². The third kappa shape index (κ3) is 4.01. The maximum atomic E-state index is 12.0. The number of esters is 1. The van der Waals surface area contributed by atoms with Crippen LogP contribution >= 0.6 is 11.3 Å². The molecule has 0 saturated carbocycles. The molecule has 136 valence electrons. The van der Waals surface area contributed by atoms with E-state index < -0.39 is 16.0 Å². The first-order chi connectivity index (χ1) is 12.2. The zero-order valence-corrected chi connectivity index (χ0v) is 15.8. The minimum atomic E-state index is -3.81. The lowest BCUT2D eigenvalue weighted by Gasteiger charge is -2.07. The number of primary sulfonamides is 1. The maximum absolute atomic E-state index is 12.0. The largest absolute Gasteiger partial charge is 0.457 e. The summed E-state index contributed by atoms with van der Waals surface area (Å²) in [5, 5.41) is 10.9. The molecule has 0 amide bonds. The van der Waals surface area contributed by atoms with Crippen molar-refractivity contribution in [1.29, 1.82) is 0 Å². The minimum Gasteiger partial charge on any atom is -0.457 e. The summed E-state index contributed by atoms with van der Waals surface area (Å²) in [6, 6.07) is 10.7. The molecule has 2 heterocycles. The van der Waals surface area contributed by atoms with Crippen LogP contribution in [-0.4, -0.2) is 24.2 Å². The van der Waals surface area contributed by atoms with Gasteiger partial charge in [-0.15, -0.1) is 11.3 Å². The number of thiophene rings is 1. The molecule has 0 fully saturated rings. The highest BCUT2D eigenvalue weighted by Gasteiger charge is 2.16. The number of nitrogens with two attached hydrogens (primary N) is 1.